The van der Waals surface area contributed by atoms with Crippen LogP contribution in [0.3, 0.4) is 0 Å². The monoisotopic (exact) mass is 346 g/mol. The van der Waals surface area contributed by atoms with Gasteiger partial charge in [0.15, 0.2) is 0 Å². The van der Waals surface area contributed by atoms with Crippen LogP contribution in [0.5, 0.6) is 0 Å². The lowest BCUT2D eigenvalue weighted by Crippen LogP contribution is -2.16. The van der Waals surface area contributed by atoms with Crippen LogP contribution in [0.4, 0.5) is 8.78 Å². The van der Waals surface area contributed by atoms with Crippen molar-refractivity contribution in [1.29, 1.82) is 0 Å². The van der Waals surface area contributed by atoms with Gasteiger partial charge in [-0.3, -0.25) is 0 Å². The lowest BCUT2D eigenvalue weighted by atomic mass is 10.2. The first-order chi connectivity index (χ1) is 10.5. The van der Waals surface area contributed by atoms with E-state index < -0.39 is 5.76 Å². The molecular weight excluding hydrogens is 326 g/mol. The molecule has 1 N–H and O–H groups in total. The Balaban J connectivity index is 1.67. The van der Waals surface area contributed by atoms with Gasteiger partial charge in [0.25, 0.3) is 5.76 Å². The maximum atomic E-state index is 12.1. The summed E-state index contributed by atoms with van der Waals surface area (Å²) in [4.78, 5) is 4.58. The van der Waals surface area contributed by atoms with Crippen LogP contribution in [0, 0.1) is 0 Å². The molecule has 0 fully saturated rings. The Labute approximate surface area is 137 Å². The highest BCUT2D eigenvalue weighted by atomic mass is 32.2. The molecule has 0 spiro atoms. The SMILES string of the molecule is CC(C)c1nc(CCNCc2ccc(CSC(F)F)o2)cs1. The number of rotatable bonds is 9. The number of thiazole rings is 1. The van der Waals surface area contributed by atoms with E-state index in [0.29, 0.717) is 30.0 Å². The van der Waals surface area contributed by atoms with E-state index >= 15 is 0 Å². The van der Waals surface area contributed by atoms with Crippen LogP contribution in [-0.2, 0) is 18.7 Å². The van der Waals surface area contributed by atoms with Gasteiger partial charge in [0.2, 0.25) is 0 Å². The van der Waals surface area contributed by atoms with E-state index in [-0.39, 0.29) is 5.75 Å². The predicted molar refractivity (Wildman–Crippen MR) is 87.6 cm³/mol. The van der Waals surface area contributed by atoms with Crippen LogP contribution in [0.15, 0.2) is 21.9 Å². The second-order valence-corrected chi connectivity index (χ2v) is 7.07. The van der Waals surface area contributed by atoms with Crippen molar-refractivity contribution in [3.63, 3.8) is 0 Å². The number of furan rings is 1. The van der Waals surface area contributed by atoms with Gasteiger partial charge in [0.05, 0.1) is 23.0 Å². The summed E-state index contributed by atoms with van der Waals surface area (Å²) in [6.07, 6.45) is 0.873. The van der Waals surface area contributed by atoms with Crippen molar-refractivity contribution < 1.29 is 13.2 Å². The first kappa shape index (κ1) is 17.4. The van der Waals surface area contributed by atoms with Crippen molar-refractivity contribution in [2.24, 2.45) is 0 Å². The van der Waals surface area contributed by atoms with Crippen LogP contribution in [0.2, 0.25) is 0 Å². The van der Waals surface area contributed by atoms with E-state index in [1.165, 1.54) is 5.01 Å². The van der Waals surface area contributed by atoms with E-state index in [0.717, 1.165) is 24.4 Å². The third-order valence-corrected chi connectivity index (χ3v) is 4.89. The number of nitrogens with one attached hydrogen (secondary N) is 1. The summed E-state index contributed by atoms with van der Waals surface area (Å²) >= 11 is 2.28. The molecular formula is C15H20F2N2OS2. The van der Waals surface area contributed by atoms with Crippen molar-refractivity contribution in [3.05, 3.63) is 39.7 Å². The molecule has 0 atom stereocenters. The molecule has 0 aliphatic rings. The molecule has 0 radical (unpaired) electrons. The van der Waals surface area contributed by atoms with E-state index in [9.17, 15) is 8.78 Å². The Morgan fingerprint density at radius 2 is 2.09 bits per heavy atom. The Morgan fingerprint density at radius 3 is 2.77 bits per heavy atom. The van der Waals surface area contributed by atoms with Crippen molar-refractivity contribution in [2.75, 3.05) is 6.54 Å². The van der Waals surface area contributed by atoms with Gasteiger partial charge in [-0.05, 0) is 12.1 Å². The lowest BCUT2D eigenvalue weighted by molar-refractivity contribution is 0.251. The summed E-state index contributed by atoms with van der Waals surface area (Å²) in [6.45, 7) is 5.69. The van der Waals surface area contributed by atoms with Gasteiger partial charge in [-0.2, -0.15) is 8.78 Å². The fraction of sp³-hybridized carbons (Fsp3) is 0.533. The Kier molecular flexibility index (Phi) is 6.85. The molecule has 0 bridgehead atoms. The van der Waals surface area contributed by atoms with Crippen LogP contribution < -0.4 is 5.32 Å². The Hall–Kier alpha value is -0.920. The number of alkyl halides is 2. The lowest BCUT2D eigenvalue weighted by Gasteiger charge is -2.01. The van der Waals surface area contributed by atoms with Crippen molar-refractivity contribution in [2.45, 2.75) is 44.2 Å². The van der Waals surface area contributed by atoms with Gasteiger partial charge in [-0.25, -0.2) is 4.98 Å². The highest BCUT2D eigenvalue weighted by Gasteiger charge is 2.08. The maximum absolute atomic E-state index is 12.1. The number of nitrogens with zero attached hydrogens (tertiary/aromatic N) is 1. The van der Waals surface area contributed by atoms with Crippen LogP contribution >= 0.6 is 23.1 Å². The standard InChI is InChI=1S/C15H20F2N2OS2/c1-10(2)14-19-11(8-21-14)5-6-18-7-12-3-4-13(20-12)9-22-15(16)17/h3-4,8,10,15,18H,5-7,9H2,1-2H3. The fourth-order valence-corrected chi connectivity index (χ4v) is 3.19. The summed E-state index contributed by atoms with van der Waals surface area (Å²) in [5.74, 6) is -0.330. The number of hydrogen-bond acceptors (Lipinski definition) is 5. The zero-order chi connectivity index (χ0) is 15.9. The van der Waals surface area contributed by atoms with Gasteiger partial charge in [-0.1, -0.05) is 25.6 Å². The molecule has 0 aliphatic heterocycles. The molecule has 3 nitrogen and oxygen atoms in total. The topological polar surface area (TPSA) is 38.1 Å². The van der Waals surface area contributed by atoms with Gasteiger partial charge in [0.1, 0.15) is 11.5 Å². The molecule has 0 unspecified atom stereocenters. The highest BCUT2D eigenvalue weighted by Crippen LogP contribution is 2.21. The van der Waals surface area contributed by atoms with E-state index in [1.54, 1.807) is 17.4 Å². The molecule has 2 rings (SSSR count). The minimum Gasteiger partial charge on any atom is -0.464 e. The van der Waals surface area contributed by atoms with Gasteiger partial charge in [-0.15, -0.1) is 11.3 Å². The minimum atomic E-state index is -2.36. The highest BCUT2D eigenvalue weighted by molar-refractivity contribution is 7.98. The number of aromatic nitrogens is 1. The fourth-order valence-electron chi connectivity index (χ4n) is 1.87. The first-order valence-corrected chi connectivity index (χ1v) is 9.10. The zero-order valence-corrected chi connectivity index (χ0v) is 14.3. The largest absolute Gasteiger partial charge is 0.464 e. The summed E-state index contributed by atoms with van der Waals surface area (Å²) in [5, 5.41) is 6.55. The van der Waals surface area contributed by atoms with Gasteiger partial charge < -0.3 is 9.73 Å². The van der Waals surface area contributed by atoms with E-state index in [2.05, 4.69) is 29.5 Å². The quantitative estimate of drug-likeness (QED) is 0.671. The number of hydrogen-bond donors (Lipinski definition) is 1. The number of thioether (sulfide) groups is 1. The van der Waals surface area contributed by atoms with Crippen LogP contribution in [0.25, 0.3) is 0 Å². The minimum absolute atomic E-state index is 0.203. The smallest absolute Gasteiger partial charge is 0.284 e. The third-order valence-electron chi connectivity index (χ3n) is 2.99. The second kappa shape index (κ2) is 8.64. The van der Waals surface area contributed by atoms with Gasteiger partial charge in [0, 0.05) is 24.3 Å². The Morgan fingerprint density at radius 1 is 1.32 bits per heavy atom. The molecule has 0 saturated heterocycles. The molecule has 0 amide bonds. The summed E-state index contributed by atoms with van der Waals surface area (Å²) in [7, 11) is 0. The van der Waals surface area contributed by atoms with Gasteiger partial charge >= 0.3 is 0 Å². The van der Waals surface area contributed by atoms with E-state index in [1.807, 2.05) is 6.07 Å². The molecule has 7 heteroatoms. The average molecular weight is 346 g/mol. The van der Waals surface area contributed by atoms with Crippen LogP contribution in [0.1, 0.15) is 42.0 Å². The van der Waals surface area contributed by atoms with E-state index in [4.69, 9.17) is 4.42 Å². The molecule has 122 valence electrons. The zero-order valence-electron chi connectivity index (χ0n) is 12.6. The number of halogens is 2. The summed E-state index contributed by atoms with van der Waals surface area (Å²) in [5.41, 5.74) is 1.11. The molecule has 22 heavy (non-hydrogen) atoms. The Bertz CT molecular complexity index is 569. The first-order valence-electron chi connectivity index (χ1n) is 7.17. The molecule has 2 aromatic heterocycles. The molecule has 0 saturated carbocycles. The third kappa shape index (κ3) is 5.70. The predicted octanol–water partition coefficient (Wildman–Crippen LogP) is 4.65. The van der Waals surface area contributed by atoms with Crippen molar-refractivity contribution in [3.8, 4) is 0 Å². The van der Waals surface area contributed by atoms with Crippen molar-refractivity contribution in [1.82, 2.24) is 10.3 Å². The molecule has 0 aromatic carbocycles. The maximum Gasteiger partial charge on any atom is 0.284 e. The van der Waals surface area contributed by atoms with Crippen molar-refractivity contribution >= 4 is 23.1 Å². The normalized spacial score (nSPS) is 11.7. The second-order valence-electron chi connectivity index (χ2n) is 5.20. The molecule has 0 aliphatic carbocycles. The van der Waals surface area contributed by atoms with Crippen LogP contribution in [-0.4, -0.2) is 17.3 Å². The summed E-state index contributed by atoms with van der Waals surface area (Å²) < 4.78 is 29.7. The summed E-state index contributed by atoms with van der Waals surface area (Å²) in [6, 6.07) is 3.58. The molecule has 2 aromatic rings. The average Bonchev–Trinajstić information content (AvgIpc) is 3.11. The molecule has 2 heterocycles.